The van der Waals surface area contributed by atoms with E-state index in [1.807, 2.05) is 0 Å². The second kappa shape index (κ2) is 2.73. The van der Waals surface area contributed by atoms with E-state index in [1.165, 1.54) is 5.57 Å². The van der Waals surface area contributed by atoms with E-state index in [0.717, 1.165) is 5.92 Å². The van der Waals surface area contributed by atoms with Crippen molar-refractivity contribution in [3.63, 3.8) is 0 Å². The number of hydrogen-bond donors (Lipinski definition) is 0. The lowest BCUT2D eigenvalue weighted by Crippen LogP contribution is -2.30. The van der Waals surface area contributed by atoms with E-state index >= 15 is 0 Å². The summed E-state index contributed by atoms with van der Waals surface area (Å²) in [5.74, 6) is 1.89. The van der Waals surface area contributed by atoms with Gasteiger partial charge >= 0.3 is 0 Å². The molecule has 4 unspecified atom stereocenters. The van der Waals surface area contributed by atoms with Crippen molar-refractivity contribution in [1.29, 1.82) is 0 Å². The average Bonchev–Trinajstić information content (AvgIpc) is 2.31. The van der Waals surface area contributed by atoms with Crippen molar-refractivity contribution in [3.05, 3.63) is 30.2 Å². The lowest BCUT2D eigenvalue weighted by molar-refractivity contribution is 0.236. The highest BCUT2D eigenvalue weighted by Gasteiger charge is 2.48. The molecule has 0 aromatic heterocycles. The van der Waals surface area contributed by atoms with E-state index in [1.54, 1.807) is 0 Å². The van der Waals surface area contributed by atoms with Crippen LogP contribution in [-0.4, -0.2) is 0 Å². The van der Waals surface area contributed by atoms with Crippen LogP contribution in [0.4, 0.5) is 0 Å². The summed E-state index contributed by atoms with van der Waals surface area (Å²) < 4.78 is 0. The molecule has 0 heteroatoms. The molecule has 2 aliphatic carbocycles. The molecule has 0 nitrogen and oxygen atoms in total. The van der Waals surface area contributed by atoms with Crippen LogP contribution in [-0.2, 0) is 0 Å². The molecule has 1 fully saturated rings. The minimum absolute atomic E-state index is 0.341. The monoisotopic (exact) mass is 174 g/mol. The van der Waals surface area contributed by atoms with Gasteiger partial charge in [0.2, 0.25) is 0 Å². The SMILES string of the molecule is CC1=CC=CC2[C]C(C)C(C)C12C. The maximum absolute atomic E-state index is 3.65. The summed E-state index contributed by atoms with van der Waals surface area (Å²) in [6, 6.07) is 0. The van der Waals surface area contributed by atoms with Crippen LogP contribution >= 0.6 is 0 Å². The molecule has 0 aromatic carbocycles. The number of fused-ring (bicyclic) bond motifs is 1. The van der Waals surface area contributed by atoms with Gasteiger partial charge < -0.3 is 0 Å². The molecule has 1 saturated carbocycles. The average molecular weight is 174 g/mol. The highest BCUT2D eigenvalue weighted by atomic mass is 14.5. The molecule has 0 amide bonds. The van der Waals surface area contributed by atoms with E-state index < -0.39 is 0 Å². The van der Waals surface area contributed by atoms with Gasteiger partial charge in [-0.3, -0.25) is 0 Å². The Bertz CT molecular complexity index is 272. The van der Waals surface area contributed by atoms with Gasteiger partial charge in [-0.2, -0.15) is 0 Å². The van der Waals surface area contributed by atoms with Gasteiger partial charge in [-0.25, -0.2) is 0 Å². The minimum atomic E-state index is 0.341. The zero-order valence-electron chi connectivity index (χ0n) is 8.96. The molecule has 0 spiro atoms. The Morgan fingerprint density at radius 2 is 2.08 bits per heavy atom. The maximum Gasteiger partial charge on any atom is -0.00190 e. The molecule has 4 atom stereocenters. The molecule has 70 valence electrons. The molecular formula is C13H18. The Morgan fingerprint density at radius 3 is 2.69 bits per heavy atom. The van der Waals surface area contributed by atoms with E-state index in [2.05, 4.69) is 52.3 Å². The third-order valence-corrected chi connectivity index (χ3v) is 4.28. The summed E-state index contributed by atoms with van der Waals surface area (Å²) in [6.07, 6.45) is 10.4. The molecule has 0 bridgehead atoms. The van der Waals surface area contributed by atoms with Crippen molar-refractivity contribution >= 4 is 0 Å². The van der Waals surface area contributed by atoms with E-state index in [-0.39, 0.29) is 0 Å². The summed E-state index contributed by atoms with van der Waals surface area (Å²) >= 11 is 0. The first-order chi connectivity index (χ1) is 6.06. The molecule has 0 N–H and O–H groups in total. The fourth-order valence-corrected chi connectivity index (χ4v) is 2.75. The summed E-state index contributed by atoms with van der Waals surface area (Å²) in [4.78, 5) is 0. The van der Waals surface area contributed by atoms with Gasteiger partial charge in [0.15, 0.2) is 0 Å². The predicted molar refractivity (Wildman–Crippen MR) is 56.1 cm³/mol. The standard InChI is InChI=1S/C13H18/c1-9-8-12-7-5-6-10(2)13(12,4)11(9)3/h5-7,9,11-12H,1-4H3. The molecule has 0 heterocycles. The molecule has 2 radical (unpaired) electrons. The van der Waals surface area contributed by atoms with Crippen LogP contribution in [0.25, 0.3) is 0 Å². The number of hydrogen-bond acceptors (Lipinski definition) is 0. The maximum atomic E-state index is 3.65. The summed E-state index contributed by atoms with van der Waals surface area (Å²) in [5.41, 5.74) is 1.86. The Kier molecular flexibility index (Phi) is 1.90. The normalized spacial score (nSPS) is 48.9. The summed E-state index contributed by atoms with van der Waals surface area (Å²) in [5, 5.41) is 0. The van der Waals surface area contributed by atoms with Crippen molar-refractivity contribution in [2.24, 2.45) is 23.2 Å². The van der Waals surface area contributed by atoms with E-state index in [9.17, 15) is 0 Å². The molecule has 13 heavy (non-hydrogen) atoms. The van der Waals surface area contributed by atoms with Gasteiger partial charge in [0.05, 0.1) is 0 Å². The Labute approximate surface area is 81.7 Å². The zero-order chi connectivity index (χ0) is 9.64. The largest absolute Gasteiger partial charge is 0.0799 e. The van der Waals surface area contributed by atoms with Gasteiger partial charge in [0.1, 0.15) is 0 Å². The molecule has 0 saturated heterocycles. The van der Waals surface area contributed by atoms with Crippen LogP contribution in [0, 0.1) is 29.6 Å². The molecule has 2 aliphatic rings. The van der Waals surface area contributed by atoms with Gasteiger partial charge in [-0.05, 0) is 36.5 Å². The van der Waals surface area contributed by atoms with Gasteiger partial charge in [0, 0.05) is 0 Å². The first kappa shape index (κ1) is 9.05. The molecule has 0 aromatic rings. The summed E-state index contributed by atoms with van der Waals surface area (Å²) in [7, 11) is 0. The van der Waals surface area contributed by atoms with Gasteiger partial charge in [-0.1, -0.05) is 44.6 Å². The van der Waals surface area contributed by atoms with Crippen molar-refractivity contribution in [1.82, 2.24) is 0 Å². The second-order valence-electron chi connectivity index (χ2n) is 4.74. The van der Waals surface area contributed by atoms with Crippen LogP contribution in [0.2, 0.25) is 0 Å². The lowest BCUT2D eigenvalue weighted by atomic mass is 9.67. The Hall–Kier alpha value is -0.520. The van der Waals surface area contributed by atoms with Crippen LogP contribution in [0.1, 0.15) is 27.7 Å². The van der Waals surface area contributed by atoms with Crippen molar-refractivity contribution in [2.75, 3.05) is 0 Å². The lowest BCUT2D eigenvalue weighted by Gasteiger charge is -2.37. The predicted octanol–water partition coefficient (Wildman–Crippen LogP) is 3.49. The minimum Gasteiger partial charge on any atom is -0.0799 e. The van der Waals surface area contributed by atoms with E-state index in [0.29, 0.717) is 17.3 Å². The van der Waals surface area contributed by atoms with E-state index in [4.69, 9.17) is 0 Å². The molecular weight excluding hydrogens is 156 g/mol. The Balaban J connectivity index is 2.42. The van der Waals surface area contributed by atoms with Gasteiger partial charge in [-0.15, -0.1) is 0 Å². The smallest absolute Gasteiger partial charge is 0.00190 e. The van der Waals surface area contributed by atoms with Crippen LogP contribution in [0.3, 0.4) is 0 Å². The highest BCUT2D eigenvalue weighted by molar-refractivity contribution is 5.33. The van der Waals surface area contributed by atoms with Crippen molar-refractivity contribution in [3.8, 4) is 0 Å². The van der Waals surface area contributed by atoms with Gasteiger partial charge in [0.25, 0.3) is 0 Å². The first-order valence-corrected chi connectivity index (χ1v) is 5.18. The highest BCUT2D eigenvalue weighted by Crippen LogP contribution is 2.55. The third kappa shape index (κ3) is 1.04. The fraction of sp³-hybridized carbons (Fsp3) is 0.615. The molecule has 2 rings (SSSR count). The summed E-state index contributed by atoms with van der Waals surface area (Å²) in [6.45, 7) is 9.28. The number of rotatable bonds is 0. The molecule has 0 aliphatic heterocycles. The quantitative estimate of drug-likeness (QED) is 0.527. The Morgan fingerprint density at radius 1 is 1.38 bits per heavy atom. The van der Waals surface area contributed by atoms with Crippen LogP contribution in [0.5, 0.6) is 0 Å². The first-order valence-electron chi connectivity index (χ1n) is 5.18. The third-order valence-electron chi connectivity index (χ3n) is 4.28. The van der Waals surface area contributed by atoms with Crippen molar-refractivity contribution in [2.45, 2.75) is 27.7 Å². The van der Waals surface area contributed by atoms with Crippen molar-refractivity contribution < 1.29 is 0 Å². The van der Waals surface area contributed by atoms with Crippen LogP contribution in [0.15, 0.2) is 23.8 Å². The second-order valence-corrected chi connectivity index (χ2v) is 4.74. The van der Waals surface area contributed by atoms with Crippen LogP contribution < -0.4 is 0 Å². The topological polar surface area (TPSA) is 0 Å². The zero-order valence-corrected chi connectivity index (χ0v) is 8.96. The number of allylic oxidation sites excluding steroid dienone is 4. The fourth-order valence-electron chi connectivity index (χ4n) is 2.75.